The van der Waals surface area contributed by atoms with E-state index in [1.54, 1.807) is 0 Å². The van der Waals surface area contributed by atoms with Crippen LogP contribution in [0.1, 0.15) is 25.0 Å². The number of hydrogen-bond donors (Lipinski definition) is 0. The van der Waals surface area contributed by atoms with Crippen molar-refractivity contribution < 1.29 is 0 Å². The predicted molar refractivity (Wildman–Crippen MR) is 63.7 cm³/mol. The molecule has 0 aliphatic rings. The first-order valence-electron chi connectivity index (χ1n) is 4.24. The molecule has 0 aliphatic heterocycles. The van der Waals surface area contributed by atoms with E-state index in [-0.39, 0.29) is 0 Å². The van der Waals surface area contributed by atoms with Gasteiger partial charge in [-0.1, -0.05) is 51.8 Å². The number of benzene rings is 1. The molecule has 0 fully saturated rings. The van der Waals surface area contributed by atoms with Crippen LogP contribution in [0, 0.1) is 0 Å². The topological polar surface area (TPSA) is 0 Å². The summed E-state index contributed by atoms with van der Waals surface area (Å²) in [6, 6.07) is 8.33. The molecule has 0 heterocycles. The molecule has 0 aliphatic carbocycles. The summed E-state index contributed by atoms with van der Waals surface area (Å²) in [5, 5.41) is 0. The second-order valence-corrected chi connectivity index (χ2v) is 3.67. The van der Waals surface area contributed by atoms with E-state index in [9.17, 15) is 0 Å². The van der Waals surface area contributed by atoms with Crippen LogP contribution in [0.4, 0.5) is 0 Å². The van der Waals surface area contributed by atoms with Crippen LogP contribution in [0.15, 0.2) is 34.8 Å². The lowest BCUT2D eigenvalue weighted by Gasteiger charge is -2.00. The summed E-state index contributed by atoms with van der Waals surface area (Å²) in [5.41, 5.74) is 3.81. The van der Waals surface area contributed by atoms with Gasteiger partial charge in [-0.25, -0.2) is 0 Å². The number of hydrogen-bond acceptors (Lipinski definition) is 0. The third kappa shape index (κ3) is 3.19. The van der Waals surface area contributed by atoms with Gasteiger partial charge in [0.25, 0.3) is 0 Å². The zero-order chi connectivity index (χ0) is 9.68. The minimum Gasteiger partial charge on any atom is -0.0758 e. The van der Waals surface area contributed by atoms with Gasteiger partial charge < -0.3 is 0 Å². The SMILES string of the molecule is CC(C)=Cc1ccccc1/C=C/Br. The van der Waals surface area contributed by atoms with Crippen molar-refractivity contribution in [1.82, 2.24) is 0 Å². The normalized spacial score (nSPS) is 10.4. The molecule has 68 valence electrons. The largest absolute Gasteiger partial charge is 0.0758 e. The van der Waals surface area contributed by atoms with E-state index >= 15 is 0 Å². The van der Waals surface area contributed by atoms with E-state index in [1.165, 1.54) is 16.7 Å². The Bertz CT molecular complexity index is 331. The van der Waals surface area contributed by atoms with Gasteiger partial charge in [0.05, 0.1) is 0 Å². The fourth-order valence-corrected chi connectivity index (χ4v) is 1.46. The Labute approximate surface area is 88.1 Å². The van der Waals surface area contributed by atoms with Gasteiger partial charge in [0, 0.05) is 0 Å². The maximum absolute atomic E-state index is 3.29. The van der Waals surface area contributed by atoms with Crippen molar-refractivity contribution in [2.45, 2.75) is 13.8 Å². The summed E-state index contributed by atoms with van der Waals surface area (Å²) in [4.78, 5) is 1.88. The highest BCUT2D eigenvalue weighted by Gasteiger charge is 1.93. The molecule has 1 rings (SSSR count). The van der Waals surface area contributed by atoms with Gasteiger partial charge >= 0.3 is 0 Å². The summed E-state index contributed by atoms with van der Waals surface area (Å²) in [7, 11) is 0. The van der Waals surface area contributed by atoms with Crippen LogP contribution in [-0.2, 0) is 0 Å². The lowest BCUT2D eigenvalue weighted by atomic mass is 10.1. The summed E-state index contributed by atoms with van der Waals surface area (Å²) >= 11 is 3.29. The molecular weight excluding hydrogens is 224 g/mol. The van der Waals surface area contributed by atoms with Crippen molar-refractivity contribution >= 4 is 28.1 Å². The lowest BCUT2D eigenvalue weighted by molar-refractivity contribution is 1.42. The highest BCUT2D eigenvalue weighted by molar-refractivity contribution is 9.11. The van der Waals surface area contributed by atoms with Crippen molar-refractivity contribution in [1.29, 1.82) is 0 Å². The van der Waals surface area contributed by atoms with E-state index in [4.69, 9.17) is 0 Å². The Kier molecular flexibility index (Phi) is 3.97. The van der Waals surface area contributed by atoms with Crippen LogP contribution in [0.3, 0.4) is 0 Å². The molecule has 0 atom stereocenters. The first kappa shape index (κ1) is 10.3. The Hall–Kier alpha value is -0.820. The van der Waals surface area contributed by atoms with Crippen molar-refractivity contribution in [3.8, 4) is 0 Å². The maximum Gasteiger partial charge on any atom is -0.0179 e. The Morgan fingerprint density at radius 3 is 2.31 bits per heavy atom. The molecule has 0 aromatic heterocycles. The van der Waals surface area contributed by atoms with E-state index in [1.807, 2.05) is 11.1 Å². The van der Waals surface area contributed by atoms with Crippen molar-refractivity contribution in [3.63, 3.8) is 0 Å². The summed E-state index contributed by atoms with van der Waals surface area (Å²) in [6.45, 7) is 4.21. The quantitative estimate of drug-likeness (QED) is 0.711. The average molecular weight is 237 g/mol. The zero-order valence-electron chi connectivity index (χ0n) is 7.92. The molecule has 1 aromatic carbocycles. The van der Waals surface area contributed by atoms with Gasteiger partial charge in [-0.2, -0.15) is 0 Å². The third-order valence-electron chi connectivity index (χ3n) is 1.68. The molecule has 1 aromatic rings. The van der Waals surface area contributed by atoms with Gasteiger partial charge in [0.1, 0.15) is 0 Å². The average Bonchev–Trinajstić information content (AvgIpc) is 2.08. The molecule has 0 nitrogen and oxygen atoms in total. The van der Waals surface area contributed by atoms with Crippen LogP contribution in [-0.4, -0.2) is 0 Å². The number of allylic oxidation sites excluding steroid dienone is 1. The first-order valence-corrected chi connectivity index (χ1v) is 5.16. The van der Waals surface area contributed by atoms with Gasteiger partial charge in [-0.3, -0.25) is 0 Å². The minimum atomic E-state index is 1.24. The Morgan fingerprint density at radius 2 is 1.77 bits per heavy atom. The summed E-state index contributed by atoms with van der Waals surface area (Å²) in [6.07, 6.45) is 4.23. The smallest absolute Gasteiger partial charge is 0.0179 e. The van der Waals surface area contributed by atoms with Gasteiger partial charge in [-0.05, 0) is 36.0 Å². The molecule has 0 bridgehead atoms. The second kappa shape index (κ2) is 5.03. The van der Waals surface area contributed by atoms with Crippen LogP contribution in [0.2, 0.25) is 0 Å². The zero-order valence-corrected chi connectivity index (χ0v) is 9.51. The van der Waals surface area contributed by atoms with E-state index in [2.05, 4.69) is 60.1 Å². The second-order valence-electron chi connectivity index (χ2n) is 3.14. The third-order valence-corrected chi connectivity index (χ3v) is 1.95. The van der Waals surface area contributed by atoms with Crippen LogP contribution >= 0.6 is 15.9 Å². The highest BCUT2D eigenvalue weighted by atomic mass is 79.9. The van der Waals surface area contributed by atoms with E-state index in [0.29, 0.717) is 0 Å². The van der Waals surface area contributed by atoms with Crippen LogP contribution in [0.25, 0.3) is 12.2 Å². The molecule has 0 saturated carbocycles. The fraction of sp³-hybridized carbons (Fsp3) is 0.167. The molecule has 0 N–H and O–H groups in total. The first-order chi connectivity index (χ1) is 6.24. The highest BCUT2D eigenvalue weighted by Crippen LogP contribution is 2.14. The van der Waals surface area contributed by atoms with Crippen LogP contribution < -0.4 is 0 Å². The van der Waals surface area contributed by atoms with Gasteiger partial charge in [0.15, 0.2) is 0 Å². The molecule has 13 heavy (non-hydrogen) atoms. The Morgan fingerprint density at radius 1 is 1.15 bits per heavy atom. The van der Waals surface area contributed by atoms with Crippen LogP contribution in [0.5, 0.6) is 0 Å². The van der Waals surface area contributed by atoms with Crippen molar-refractivity contribution in [2.24, 2.45) is 0 Å². The minimum absolute atomic E-state index is 1.24. The van der Waals surface area contributed by atoms with E-state index in [0.717, 1.165) is 0 Å². The van der Waals surface area contributed by atoms with Gasteiger partial charge in [-0.15, -0.1) is 0 Å². The van der Waals surface area contributed by atoms with Gasteiger partial charge in [0.2, 0.25) is 0 Å². The maximum atomic E-state index is 3.29. The molecular formula is C12H13Br. The molecule has 1 heteroatoms. The summed E-state index contributed by atoms with van der Waals surface area (Å²) < 4.78 is 0. The number of rotatable bonds is 2. The van der Waals surface area contributed by atoms with Crippen molar-refractivity contribution in [2.75, 3.05) is 0 Å². The lowest BCUT2D eigenvalue weighted by Crippen LogP contribution is -1.79. The fourth-order valence-electron chi connectivity index (χ4n) is 1.17. The summed E-state index contributed by atoms with van der Waals surface area (Å²) in [5.74, 6) is 0. The molecule has 0 amide bonds. The molecule has 0 spiro atoms. The number of halogens is 1. The predicted octanol–water partition coefficient (Wildman–Crippen LogP) is 4.48. The molecule has 0 unspecified atom stereocenters. The monoisotopic (exact) mass is 236 g/mol. The Balaban J connectivity index is 3.12. The standard InChI is InChI=1S/C12H13Br/c1-10(2)9-12-6-4-3-5-11(12)7-8-13/h3-9H,1-2H3/b8-7+. The molecule has 0 radical (unpaired) electrons. The molecule has 0 saturated heterocycles. The van der Waals surface area contributed by atoms with Crippen molar-refractivity contribution in [3.05, 3.63) is 46.0 Å². The van der Waals surface area contributed by atoms with E-state index < -0.39 is 0 Å².